The number of ether oxygens (including phenoxy) is 1. The number of hydrogen-bond acceptors (Lipinski definition) is 6. The van der Waals surface area contributed by atoms with Gasteiger partial charge in [-0.15, -0.1) is 0 Å². The van der Waals surface area contributed by atoms with E-state index in [1.165, 1.54) is 6.42 Å². The Hall–Kier alpha value is -1.59. The molecule has 0 amide bonds. The van der Waals surface area contributed by atoms with Crippen molar-refractivity contribution in [3.05, 3.63) is 0 Å². The molecule has 1 heterocycles. The van der Waals surface area contributed by atoms with Crippen molar-refractivity contribution < 1.29 is 4.74 Å². The van der Waals surface area contributed by atoms with Crippen molar-refractivity contribution in [3.63, 3.8) is 0 Å². The molecule has 1 atom stereocenters. The molecular weight excluding hydrogens is 266 g/mol. The van der Waals surface area contributed by atoms with Gasteiger partial charge in [0, 0.05) is 12.6 Å². The third-order valence-electron chi connectivity index (χ3n) is 3.59. The maximum atomic E-state index is 5.61. The summed E-state index contributed by atoms with van der Waals surface area (Å²) in [4.78, 5) is 13.1. The predicted octanol–water partition coefficient (Wildman–Crippen LogP) is 3.08. The Balaban J connectivity index is 2.11. The lowest BCUT2D eigenvalue weighted by atomic mass is 9.92. The van der Waals surface area contributed by atoms with Crippen molar-refractivity contribution in [2.75, 3.05) is 17.2 Å². The van der Waals surface area contributed by atoms with Crippen LogP contribution in [0.5, 0.6) is 6.01 Å². The molecular formula is C15H27N5O. The van der Waals surface area contributed by atoms with E-state index in [1.54, 1.807) is 0 Å². The zero-order valence-corrected chi connectivity index (χ0v) is 13.7. The topological polar surface area (TPSA) is 72.0 Å². The van der Waals surface area contributed by atoms with Gasteiger partial charge in [0.15, 0.2) is 0 Å². The Kier molecular flexibility index (Phi) is 4.85. The van der Waals surface area contributed by atoms with Crippen LogP contribution in [0, 0.1) is 5.41 Å². The predicted molar refractivity (Wildman–Crippen MR) is 84.8 cm³/mol. The summed E-state index contributed by atoms with van der Waals surface area (Å²) >= 11 is 0. The first-order chi connectivity index (χ1) is 9.88. The molecule has 118 valence electrons. The van der Waals surface area contributed by atoms with E-state index >= 15 is 0 Å². The third-order valence-corrected chi connectivity index (χ3v) is 3.59. The highest BCUT2D eigenvalue weighted by molar-refractivity contribution is 5.36. The summed E-state index contributed by atoms with van der Waals surface area (Å²) in [6, 6.07) is 0.791. The van der Waals surface area contributed by atoms with Crippen molar-refractivity contribution in [1.29, 1.82) is 0 Å². The van der Waals surface area contributed by atoms with Crippen LogP contribution < -0.4 is 15.4 Å². The molecule has 2 N–H and O–H groups in total. The van der Waals surface area contributed by atoms with Gasteiger partial charge < -0.3 is 15.4 Å². The highest BCUT2D eigenvalue weighted by Crippen LogP contribution is 2.38. The molecule has 6 heteroatoms. The Bertz CT molecular complexity index is 475. The molecule has 0 bridgehead atoms. The fourth-order valence-corrected chi connectivity index (χ4v) is 2.66. The van der Waals surface area contributed by atoms with E-state index in [-0.39, 0.29) is 6.10 Å². The largest absolute Gasteiger partial charge is 0.461 e. The summed E-state index contributed by atoms with van der Waals surface area (Å²) in [5.41, 5.74) is 0.395. The van der Waals surface area contributed by atoms with Crippen LogP contribution in [-0.4, -0.2) is 33.6 Å². The number of nitrogens with one attached hydrogen (secondary N) is 2. The molecule has 1 aliphatic carbocycles. The molecule has 2 rings (SSSR count). The quantitative estimate of drug-likeness (QED) is 0.840. The highest BCUT2D eigenvalue weighted by Gasteiger charge is 2.31. The second-order valence-electron chi connectivity index (χ2n) is 6.71. The van der Waals surface area contributed by atoms with Crippen LogP contribution >= 0.6 is 0 Å². The molecule has 0 aliphatic heterocycles. The highest BCUT2D eigenvalue weighted by atomic mass is 16.5. The van der Waals surface area contributed by atoms with Crippen LogP contribution in [0.3, 0.4) is 0 Å². The average molecular weight is 293 g/mol. The molecule has 0 aromatic carbocycles. The van der Waals surface area contributed by atoms with Gasteiger partial charge in [0.25, 0.3) is 0 Å². The monoisotopic (exact) mass is 293 g/mol. The van der Waals surface area contributed by atoms with Crippen LogP contribution in [0.15, 0.2) is 0 Å². The van der Waals surface area contributed by atoms with Crippen LogP contribution in [0.25, 0.3) is 0 Å². The van der Waals surface area contributed by atoms with E-state index in [0.717, 1.165) is 19.4 Å². The zero-order valence-electron chi connectivity index (χ0n) is 13.7. The van der Waals surface area contributed by atoms with E-state index in [2.05, 4.69) is 39.4 Å². The van der Waals surface area contributed by atoms with Gasteiger partial charge in [0.05, 0.1) is 6.10 Å². The Morgan fingerprint density at radius 3 is 2.52 bits per heavy atom. The molecule has 1 fully saturated rings. The zero-order chi connectivity index (χ0) is 15.5. The van der Waals surface area contributed by atoms with E-state index in [4.69, 9.17) is 4.74 Å². The van der Waals surface area contributed by atoms with Crippen LogP contribution in [0.2, 0.25) is 0 Å². The van der Waals surface area contributed by atoms with Crippen LogP contribution in [0.4, 0.5) is 11.9 Å². The first-order valence-corrected chi connectivity index (χ1v) is 7.81. The smallest absolute Gasteiger partial charge is 0.323 e. The second kappa shape index (κ2) is 6.45. The fraction of sp³-hybridized carbons (Fsp3) is 0.800. The molecule has 0 saturated heterocycles. The van der Waals surface area contributed by atoms with Crippen molar-refractivity contribution in [1.82, 2.24) is 15.0 Å². The van der Waals surface area contributed by atoms with Crippen molar-refractivity contribution in [2.45, 2.75) is 66.0 Å². The summed E-state index contributed by atoms with van der Waals surface area (Å²) < 4.78 is 5.61. The third kappa shape index (κ3) is 4.72. The van der Waals surface area contributed by atoms with E-state index in [1.807, 2.05) is 20.8 Å². The first kappa shape index (κ1) is 15.8. The molecule has 1 aromatic rings. The van der Waals surface area contributed by atoms with Gasteiger partial charge in [-0.1, -0.05) is 13.8 Å². The van der Waals surface area contributed by atoms with Gasteiger partial charge >= 0.3 is 6.01 Å². The van der Waals surface area contributed by atoms with Crippen LogP contribution in [0.1, 0.15) is 53.9 Å². The minimum Gasteiger partial charge on any atom is -0.461 e. The molecule has 1 unspecified atom stereocenters. The second-order valence-corrected chi connectivity index (χ2v) is 6.71. The van der Waals surface area contributed by atoms with Gasteiger partial charge in [-0.2, -0.15) is 15.0 Å². The molecule has 1 aliphatic rings. The summed E-state index contributed by atoms with van der Waals surface area (Å²) in [5.74, 6) is 1.15. The normalized spacial score (nSPS) is 20.6. The summed E-state index contributed by atoms with van der Waals surface area (Å²) in [6.07, 6.45) is 3.55. The Labute approximate surface area is 127 Å². The van der Waals surface area contributed by atoms with Crippen molar-refractivity contribution in [2.24, 2.45) is 5.41 Å². The SMILES string of the molecule is CCNc1nc(NC2CCC(C)(C)C2)nc(OC(C)C)n1. The summed E-state index contributed by atoms with van der Waals surface area (Å²) in [7, 11) is 0. The molecule has 0 spiro atoms. The molecule has 6 nitrogen and oxygen atoms in total. The lowest BCUT2D eigenvalue weighted by Gasteiger charge is -2.18. The number of hydrogen-bond donors (Lipinski definition) is 2. The van der Waals surface area contributed by atoms with Gasteiger partial charge in [-0.25, -0.2) is 0 Å². The Morgan fingerprint density at radius 2 is 1.95 bits per heavy atom. The molecule has 1 saturated carbocycles. The standard InChI is InChI=1S/C15H27N5O/c1-6-16-12-18-13(20-14(19-12)21-10(2)3)17-11-7-8-15(4,5)9-11/h10-11H,6-9H2,1-5H3,(H2,16,17,18,19,20). The summed E-state index contributed by atoms with van der Waals surface area (Å²) in [6.45, 7) is 11.3. The van der Waals surface area contributed by atoms with Crippen LogP contribution in [-0.2, 0) is 0 Å². The number of nitrogens with zero attached hydrogens (tertiary/aromatic N) is 3. The minimum absolute atomic E-state index is 0.0418. The number of aromatic nitrogens is 3. The van der Waals surface area contributed by atoms with Gasteiger partial charge in [-0.3, -0.25) is 0 Å². The van der Waals surface area contributed by atoms with Gasteiger partial charge in [0.2, 0.25) is 11.9 Å². The van der Waals surface area contributed by atoms with Gasteiger partial charge in [0.1, 0.15) is 0 Å². The molecule has 0 radical (unpaired) electrons. The van der Waals surface area contributed by atoms with Gasteiger partial charge in [-0.05, 0) is 45.4 Å². The minimum atomic E-state index is 0.0418. The fourth-order valence-electron chi connectivity index (χ4n) is 2.66. The lowest BCUT2D eigenvalue weighted by Crippen LogP contribution is -2.21. The Morgan fingerprint density at radius 1 is 1.24 bits per heavy atom. The lowest BCUT2D eigenvalue weighted by molar-refractivity contribution is 0.222. The number of rotatable bonds is 6. The maximum Gasteiger partial charge on any atom is 0.323 e. The van der Waals surface area contributed by atoms with E-state index in [0.29, 0.717) is 29.4 Å². The molecule has 21 heavy (non-hydrogen) atoms. The van der Waals surface area contributed by atoms with E-state index < -0.39 is 0 Å². The maximum absolute atomic E-state index is 5.61. The first-order valence-electron chi connectivity index (χ1n) is 7.81. The number of anilines is 2. The van der Waals surface area contributed by atoms with E-state index in [9.17, 15) is 0 Å². The van der Waals surface area contributed by atoms with Crippen molar-refractivity contribution >= 4 is 11.9 Å². The summed E-state index contributed by atoms with van der Waals surface area (Å²) in [5, 5.41) is 6.55. The molecule has 1 aromatic heterocycles. The average Bonchev–Trinajstić information content (AvgIpc) is 2.67. The van der Waals surface area contributed by atoms with Crippen molar-refractivity contribution in [3.8, 4) is 6.01 Å².